The summed E-state index contributed by atoms with van der Waals surface area (Å²) in [6, 6.07) is 3.85. The van der Waals surface area contributed by atoms with Crippen LogP contribution < -0.4 is 5.73 Å². The van der Waals surface area contributed by atoms with E-state index in [1.165, 1.54) is 0 Å². The molecule has 2 heterocycles. The largest absolute Gasteiger partial charge is 0.397 e. The van der Waals surface area contributed by atoms with E-state index in [-0.39, 0.29) is 0 Å². The highest BCUT2D eigenvalue weighted by Gasteiger charge is 2.26. The average Bonchev–Trinajstić information content (AvgIpc) is 2.13. The number of hydrogen-bond donors (Lipinski definition) is 1. The van der Waals surface area contributed by atoms with Gasteiger partial charge in [0.25, 0.3) is 0 Å². The van der Waals surface area contributed by atoms with Gasteiger partial charge in [-0.3, -0.25) is 9.88 Å². The Labute approximate surface area is 83.7 Å². The number of aromatic nitrogens is 1. The molecule has 1 aromatic heterocycles. The molecule has 1 aliphatic rings. The summed E-state index contributed by atoms with van der Waals surface area (Å²) in [4.78, 5) is 6.54. The van der Waals surface area contributed by atoms with Crippen LogP contribution in [-0.4, -0.2) is 36.2 Å². The Hall–Kier alpha value is -1.13. The minimum absolute atomic E-state index is 0.406. The highest BCUT2D eigenvalue weighted by Crippen LogP contribution is 2.14. The lowest BCUT2D eigenvalue weighted by molar-refractivity contribution is -0.0339. The summed E-state index contributed by atoms with van der Waals surface area (Å²) in [6.07, 6.45) is 2.10. The smallest absolute Gasteiger partial charge is 0.0825 e. The van der Waals surface area contributed by atoms with Crippen molar-refractivity contribution in [3.8, 4) is 0 Å². The SMILES string of the molecule is COC1CN(Cc2ccc(N)cn2)C1. The fourth-order valence-corrected chi connectivity index (χ4v) is 1.56. The number of methoxy groups -OCH3 is 1. The number of anilines is 1. The van der Waals surface area contributed by atoms with Gasteiger partial charge in [0.2, 0.25) is 0 Å². The summed E-state index contributed by atoms with van der Waals surface area (Å²) >= 11 is 0. The fraction of sp³-hybridized carbons (Fsp3) is 0.500. The molecule has 0 atom stereocenters. The molecule has 0 spiro atoms. The Morgan fingerprint density at radius 1 is 1.57 bits per heavy atom. The Morgan fingerprint density at radius 2 is 2.36 bits per heavy atom. The number of nitrogens with two attached hydrogens (primary N) is 1. The van der Waals surface area contributed by atoms with Crippen molar-refractivity contribution in [3.63, 3.8) is 0 Å². The fourth-order valence-electron chi connectivity index (χ4n) is 1.56. The van der Waals surface area contributed by atoms with Crippen molar-refractivity contribution in [2.45, 2.75) is 12.6 Å². The molecular weight excluding hydrogens is 178 g/mol. The van der Waals surface area contributed by atoms with E-state index in [0.717, 1.165) is 25.3 Å². The van der Waals surface area contributed by atoms with Crippen LogP contribution in [0.2, 0.25) is 0 Å². The molecule has 4 heteroatoms. The number of likely N-dealkylation sites (tertiary alicyclic amines) is 1. The molecule has 2 N–H and O–H groups in total. The second kappa shape index (κ2) is 3.94. The van der Waals surface area contributed by atoms with Crippen LogP contribution in [0.15, 0.2) is 18.3 Å². The molecule has 4 nitrogen and oxygen atoms in total. The minimum atomic E-state index is 0.406. The lowest BCUT2D eigenvalue weighted by Crippen LogP contribution is -2.51. The van der Waals surface area contributed by atoms with Crippen molar-refractivity contribution in [2.24, 2.45) is 0 Å². The Bertz CT molecular complexity index is 293. The number of ether oxygens (including phenoxy) is 1. The average molecular weight is 193 g/mol. The van der Waals surface area contributed by atoms with Crippen LogP contribution in [0.5, 0.6) is 0 Å². The molecule has 2 rings (SSSR count). The van der Waals surface area contributed by atoms with Crippen molar-refractivity contribution < 1.29 is 4.74 Å². The number of rotatable bonds is 3. The summed E-state index contributed by atoms with van der Waals surface area (Å²) in [5.41, 5.74) is 7.33. The van der Waals surface area contributed by atoms with Crippen molar-refractivity contribution in [3.05, 3.63) is 24.0 Å². The monoisotopic (exact) mass is 193 g/mol. The highest BCUT2D eigenvalue weighted by molar-refractivity contribution is 5.34. The molecule has 1 aliphatic heterocycles. The predicted octanol–water partition coefficient (Wildman–Crippen LogP) is 0.494. The molecule has 0 bridgehead atoms. The van der Waals surface area contributed by atoms with Gasteiger partial charge < -0.3 is 10.5 Å². The molecule has 0 aliphatic carbocycles. The lowest BCUT2D eigenvalue weighted by atomic mass is 10.1. The number of pyridine rings is 1. The van der Waals surface area contributed by atoms with Crippen LogP contribution in [0.25, 0.3) is 0 Å². The van der Waals surface area contributed by atoms with Gasteiger partial charge in [0, 0.05) is 26.7 Å². The normalized spacial score (nSPS) is 18.1. The van der Waals surface area contributed by atoms with E-state index < -0.39 is 0 Å². The van der Waals surface area contributed by atoms with Gasteiger partial charge in [-0.25, -0.2) is 0 Å². The maximum atomic E-state index is 5.55. The van der Waals surface area contributed by atoms with Gasteiger partial charge in [0.1, 0.15) is 0 Å². The van der Waals surface area contributed by atoms with Crippen LogP contribution in [-0.2, 0) is 11.3 Å². The molecule has 0 radical (unpaired) electrons. The summed E-state index contributed by atoms with van der Waals surface area (Å²) in [6.45, 7) is 2.89. The van der Waals surface area contributed by atoms with Gasteiger partial charge in [-0.15, -0.1) is 0 Å². The number of nitrogens with zero attached hydrogens (tertiary/aromatic N) is 2. The van der Waals surface area contributed by atoms with E-state index in [2.05, 4.69) is 9.88 Å². The standard InChI is InChI=1S/C10H15N3O/c1-14-10-6-13(7-10)5-9-3-2-8(11)4-12-9/h2-4,10H,5-7,11H2,1H3. The molecule has 0 amide bonds. The Kier molecular flexibility index (Phi) is 2.65. The summed E-state index contributed by atoms with van der Waals surface area (Å²) in [5, 5.41) is 0. The molecule has 0 saturated carbocycles. The maximum absolute atomic E-state index is 5.55. The third kappa shape index (κ3) is 2.02. The van der Waals surface area contributed by atoms with E-state index in [1.807, 2.05) is 12.1 Å². The molecule has 14 heavy (non-hydrogen) atoms. The van der Waals surface area contributed by atoms with Gasteiger partial charge in [-0.2, -0.15) is 0 Å². The summed E-state index contributed by atoms with van der Waals surface area (Å²) in [7, 11) is 1.75. The van der Waals surface area contributed by atoms with Crippen LogP contribution in [0.4, 0.5) is 5.69 Å². The van der Waals surface area contributed by atoms with Gasteiger partial charge in [-0.05, 0) is 12.1 Å². The molecule has 1 fully saturated rings. The van der Waals surface area contributed by atoms with Crippen LogP contribution >= 0.6 is 0 Å². The molecule has 0 aromatic carbocycles. The summed E-state index contributed by atoms with van der Waals surface area (Å²) < 4.78 is 5.19. The summed E-state index contributed by atoms with van der Waals surface area (Å²) in [5.74, 6) is 0. The third-order valence-corrected chi connectivity index (χ3v) is 2.49. The van der Waals surface area contributed by atoms with E-state index in [1.54, 1.807) is 13.3 Å². The van der Waals surface area contributed by atoms with Gasteiger partial charge in [-0.1, -0.05) is 0 Å². The first-order valence-electron chi connectivity index (χ1n) is 4.73. The van der Waals surface area contributed by atoms with E-state index >= 15 is 0 Å². The minimum Gasteiger partial charge on any atom is -0.397 e. The zero-order valence-corrected chi connectivity index (χ0v) is 8.31. The molecule has 1 saturated heterocycles. The van der Waals surface area contributed by atoms with Crippen molar-refractivity contribution in [1.29, 1.82) is 0 Å². The highest BCUT2D eigenvalue weighted by atomic mass is 16.5. The first-order valence-corrected chi connectivity index (χ1v) is 4.73. The van der Waals surface area contributed by atoms with E-state index in [0.29, 0.717) is 11.8 Å². The third-order valence-electron chi connectivity index (χ3n) is 2.49. The van der Waals surface area contributed by atoms with Crippen molar-refractivity contribution in [2.75, 3.05) is 25.9 Å². The quantitative estimate of drug-likeness (QED) is 0.759. The molecule has 1 aromatic rings. The second-order valence-corrected chi connectivity index (χ2v) is 3.63. The van der Waals surface area contributed by atoms with Crippen molar-refractivity contribution >= 4 is 5.69 Å². The zero-order valence-electron chi connectivity index (χ0n) is 8.31. The first kappa shape index (κ1) is 9.43. The molecule has 0 unspecified atom stereocenters. The number of nitrogen functional groups attached to an aromatic ring is 1. The first-order chi connectivity index (χ1) is 6.78. The van der Waals surface area contributed by atoms with E-state index in [4.69, 9.17) is 10.5 Å². The topological polar surface area (TPSA) is 51.4 Å². The Morgan fingerprint density at radius 3 is 2.93 bits per heavy atom. The van der Waals surface area contributed by atoms with Crippen LogP contribution in [0.1, 0.15) is 5.69 Å². The Balaban J connectivity index is 1.84. The van der Waals surface area contributed by atoms with Crippen LogP contribution in [0, 0.1) is 0 Å². The van der Waals surface area contributed by atoms with Gasteiger partial charge in [0.15, 0.2) is 0 Å². The maximum Gasteiger partial charge on any atom is 0.0825 e. The lowest BCUT2D eigenvalue weighted by Gasteiger charge is -2.37. The zero-order chi connectivity index (χ0) is 9.97. The molecular formula is C10H15N3O. The van der Waals surface area contributed by atoms with Gasteiger partial charge >= 0.3 is 0 Å². The van der Waals surface area contributed by atoms with Gasteiger partial charge in [0.05, 0.1) is 23.7 Å². The van der Waals surface area contributed by atoms with Crippen LogP contribution in [0.3, 0.4) is 0 Å². The number of hydrogen-bond acceptors (Lipinski definition) is 4. The van der Waals surface area contributed by atoms with Crippen molar-refractivity contribution in [1.82, 2.24) is 9.88 Å². The predicted molar refractivity (Wildman–Crippen MR) is 54.7 cm³/mol. The van der Waals surface area contributed by atoms with E-state index in [9.17, 15) is 0 Å². The molecule has 76 valence electrons. The second-order valence-electron chi connectivity index (χ2n) is 3.63.